The van der Waals surface area contributed by atoms with Crippen molar-refractivity contribution in [2.75, 3.05) is 11.6 Å². The quantitative estimate of drug-likeness (QED) is 0.638. The van der Waals surface area contributed by atoms with Gasteiger partial charge in [0.2, 0.25) is 0 Å². The predicted octanol–water partition coefficient (Wildman–Crippen LogP) is 5.40. The van der Waals surface area contributed by atoms with Crippen molar-refractivity contribution in [1.29, 1.82) is 0 Å². The third-order valence-electron chi connectivity index (χ3n) is 3.71. The molecule has 1 heterocycles. The van der Waals surface area contributed by atoms with Gasteiger partial charge in [-0.2, -0.15) is 0 Å². The second-order valence-electron chi connectivity index (χ2n) is 5.54. The average Bonchev–Trinajstić information content (AvgIpc) is 3.03. The number of aromatic nitrogens is 1. The molecule has 3 nitrogen and oxygen atoms in total. The van der Waals surface area contributed by atoms with Gasteiger partial charge in [0.1, 0.15) is 0 Å². The Kier molecular flexibility index (Phi) is 5.02. The number of hydrogen-bond donors (Lipinski definition) is 1. The fraction of sp³-hybridized carbons (Fsp3) is 0.158. The van der Waals surface area contributed by atoms with Gasteiger partial charge in [-0.1, -0.05) is 29.8 Å². The van der Waals surface area contributed by atoms with Crippen LogP contribution in [0.5, 0.6) is 0 Å². The number of carbonyl (C=O) groups excluding carboxylic acids is 1. The van der Waals surface area contributed by atoms with Gasteiger partial charge in [0.25, 0.3) is 5.91 Å². The first-order chi connectivity index (χ1) is 11.6. The number of aryl methyl sites for hydroxylation is 2. The molecule has 0 saturated heterocycles. The summed E-state index contributed by atoms with van der Waals surface area (Å²) in [6.07, 6.45) is 1.99. The minimum absolute atomic E-state index is 0.132. The third kappa shape index (κ3) is 3.68. The van der Waals surface area contributed by atoms with Gasteiger partial charge in [-0.15, -0.1) is 23.1 Å². The lowest BCUT2D eigenvalue weighted by atomic mass is 10.0. The Hall–Kier alpha value is -2.11. The number of anilines is 1. The van der Waals surface area contributed by atoms with Crippen LogP contribution in [0.15, 0.2) is 52.7 Å². The van der Waals surface area contributed by atoms with Crippen LogP contribution in [0, 0.1) is 13.8 Å². The molecular formula is C19H18N2OS2. The number of benzene rings is 2. The predicted molar refractivity (Wildman–Crippen MR) is 103 cm³/mol. The van der Waals surface area contributed by atoms with Gasteiger partial charge >= 0.3 is 0 Å². The first kappa shape index (κ1) is 16.7. The number of hydrogen-bond acceptors (Lipinski definition) is 4. The summed E-state index contributed by atoms with van der Waals surface area (Å²) in [5.41, 5.74) is 5.05. The van der Waals surface area contributed by atoms with Gasteiger partial charge < -0.3 is 0 Å². The molecule has 5 heteroatoms. The van der Waals surface area contributed by atoms with Crippen molar-refractivity contribution in [2.24, 2.45) is 0 Å². The Morgan fingerprint density at radius 1 is 1.17 bits per heavy atom. The zero-order valence-corrected chi connectivity index (χ0v) is 15.4. The van der Waals surface area contributed by atoms with Gasteiger partial charge in [-0.25, -0.2) is 4.98 Å². The molecule has 3 rings (SSSR count). The number of nitrogens with zero attached hydrogens (tertiary/aromatic N) is 1. The molecule has 0 spiro atoms. The van der Waals surface area contributed by atoms with E-state index in [0.29, 0.717) is 10.7 Å². The van der Waals surface area contributed by atoms with E-state index in [9.17, 15) is 4.79 Å². The van der Waals surface area contributed by atoms with Crippen molar-refractivity contribution in [3.05, 3.63) is 64.5 Å². The van der Waals surface area contributed by atoms with E-state index >= 15 is 0 Å². The Balaban J connectivity index is 1.79. The van der Waals surface area contributed by atoms with Gasteiger partial charge in [0.05, 0.1) is 5.69 Å². The number of thiazole rings is 1. The van der Waals surface area contributed by atoms with E-state index in [0.717, 1.165) is 16.2 Å². The number of nitrogens with one attached hydrogen (secondary N) is 1. The maximum atomic E-state index is 12.4. The van der Waals surface area contributed by atoms with Crippen molar-refractivity contribution in [2.45, 2.75) is 18.7 Å². The molecule has 0 fully saturated rings. The van der Waals surface area contributed by atoms with Gasteiger partial charge in [-0.3, -0.25) is 10.1 Å². The van der Waals surface area contributed by atoms with E-state index in [-0.39, 0.29) is 5.91 Å². The fourth-order valence-electron chi connectivity index (χ4n) is 2.49. The zero-order valence-electron chi connectivity index (χ0n) is 13.8. The molecule has 0 aliphatic carbocycles. The minimum atomic E-state index is -0.132. The molecule has 2 aromatic carbocycles. The van der Waals surface area contributed by atoms with Crippen LogP contribution in [0.1, 0.15) is 21.5 Å². The van der Waals surface area contributed by atoms with Crippen molar-refractivity contribution in [3.8, 4) is 11.3 Å². The molecule has 1 aromatic heterocycles. The zero-order chi connectivity index (χ0) is 17.1. The maximum absolute atomic E-state index is 12.4. The van der Waals surface area contributed by atoms with Crippen molar-refractivity contribution >= 4 is 34.1 Å². The number of amides is 1. The molecule has 0 unspecified atom stereocenters. The van der Waals surface area contributed by atoms with E-state index < -0.39 is 0 Å². The van der Waals surface area contributed by atoms with E-state index in [1.807, 2.05) is 35.9 Å². The van der Waals surface area contributed by atoms with E-state index in [2.05, 4.69) is 42.3 Å². The van der Waals surface area contributed by atoms with E-state index in [1.165, 1.54) is 22.5 Å². The Morgan fingerprint density at radius 3 is 2.75 bits per heavy atom. The third-order valence-corrected chi connectivity index (χ3v) is 5.20. The molecule has 0 bridgehead atoms. The summed E-state index contributed by atoms with van der Waals surface area (Å²) >= 11 is 3.06. The van der Waals surface area contributed by atoms with Crippen LogP contribution in [0.3, 0.4) is 0 Å². The molecule has 122 valence electrons. The first-order valence-corrected chi connectivity index (χ1v) is 9.66. The molecule has 3 aromatic rings. The number of carbonyl (C=O) groups is 1. The maximum Gasteiger partial charge on any atom is 0.257 e. The largest absolute Gasteiger partial charge is 0.298 e. The second-order valence-corrected chi connectivity index (χ2v) is 7.28. The molecule has 0 aliphatic heterocycles. The molecule has 0 atom stereocenters. The van der Waals surface area contributed by atoms with E-state index in [4.69, 9.17) is 0 Å². The minimum Gasteiger partial charge on any atom is -0.298 e. The molecule has 1 N–H and O–H groups in total. The summed E-state index contributed by atoms with van der Waals surface area (Å²) in [4.78, 5) is 18.0. The molecule has 0 saturated carbocycles. The monoisotopic (exact) mass is 354 g/mol. The van der Waals surface area contributed by atoms with Gasteiger partial charge in [0.15, 0.2) is 5.13 Å². The molecule has 24 heavy (non-hydrogen) atoms. The molecule has 0 aliphatic rings. The highest BCUT2D eigenvalue weighted by atomic mass is 32.2. The normalized spacial score (nSPS) is 10.6. The van der Waals surface area contributed by atoms with Crippen LogP contribution in [-0.4, -0.2) is 17.1 Å². The topological polar surface area (TPSA) is 42.0 Å². The second kappa shape index (κ2) is 7.20. The summed E-state index contributed by atoms with van der Waals surface area (Å²) in [6, 6.07) is 13.9. The standard InChI is InChI=1S/C19H18N2OS2/c1-12-7-8-16(13(2)9-12)17-11-24-19(20-17)21-18(22)14-5-4-6-15(10-14)23-3/h4-11H,1-3H3,(H,20,21,22). The van der Waals surface area contributed by atoms with E-state index in [1.54, 1.807) is 11.8 Å². The number of rotatable bonds is 4. The highest BCUT2D eigenvalue weighted by Gasteiger charge is 2.11. The van der Waals surface area contributed by atoms with Crippen molar-refractivity contribution in [1.82, 2.24) is 4.98 Å². The fourth-order valence-corrected chi connectivity index (χ4v) is 3.65. The lowest BCUT2D eigenvalue weighted by molar-refractivity contribution is 0.102. The summed E-state index contributed by atoms with van der Waals surface area (Å²) in [6.45, 7) is 4.15. The van der Waals surface area contributed by atoms with Crippen LogP contribution in [0.4, 0.5) is 5.13 Å². The molecule has 1 amide bonds. The van der Waals surface area contributed by atoms with Crippen LogP contribution < -0.4 is 5.32 Å². The average molecular weight is 355 g/mol. The first-order valence-electron chi connectivity index (χ1n) is 7.55. The molecule has 0 radical (unpaired) electrons. The lowest BCUT2D eigenvalue weighted by Crippen LogP contribution is -2.11. The lowest BCUT2D eigenvalue weighted by Gasteiger charge is -2.04. The Labute approximate surface area is 150 Å². The van der Waals surface area contributed by atoms with Gasteiger partial charge in [-0.05, 0) is 43.9 Å². The summed E-state index contributed by atoms with van der Waals surface area (Å²) in [7, 11) is 0. The smallest absolute Gasteiger partial charge is 0.257 e. The number of thioether (sulfide) groups is 1. The van der Waals surface area contributed by atoms with Crippen LogP contribution >= 0.6 is 23.1 Å². The van der Waals surface area contributed by atoms with Crippen LogP contribution in [-0.2, 0) is 0 Å². The van der Waals surface area contributed by atoms with Crippen LogP contribution in [0.2, 0.25) is 0 Å². The van der Waals surface area contributed by atoms with Crippen LogP contribution in [0.25, 0.3) is 11.3 Å². The van der Waals surface area contributed by atoms with Gasteiger partial charge in [0, 0.05) is 21.4 Å². The highest BCUT2D eigenvalue weighted by molar-refractivity contribution is 7.98. The summed E-state index contributed by atoms with van der Waals surface area (Å²) in [5.74, 6) is -0.132. The van der Waals surface area contributed by atoms with Crippen molar-refractivity contribution < 1.29 is 4.79 Å². The Morgan fingerprint density at radius 2 is 2.00 bits per heavy atom. The summed E-state index contributed by atoms with van der Waals surface area (Å²) < 4.78 is 0. The molecular weight excluding hydrogens is 336 g/mol. The SMILES string of the molecule is CSc1cccc(C(=O)Nc2nc(-c3ccc(C)cc3C)cs2)c1. The van der Waals surface area contributed by atoms with Crippen molar-refractivity contribution in [3.63, 3.8) is 0 Å². The Bertz CT molecular complexity index is 887. The summed E-state index contributed by atoms with van der Waals surface area (Å²) in [5, 5.41) is 5.48. The highest BCUT2D eigenvalue weighted by Crippen LogP contribution is 2.28.